The minimum Gasteiger partial charge on any atom is -0.468 e. The molecule has 0 saturated carbocycles. The summed E-state index contributed by atoms with van der Waals surface area (Å²) in [6.45, 7) is 12.3. The van der Waals surface area contributed by atoms with Gasteiger partial charge in [-0.05, 0) is 5.92 Å². The second-order valence-electron chi connectivity index (χ2n) is 6.66. The van der Waals surface area contributed by atoms with Crippen LogP contribution < -0.4 is 4.90 Å². The number of ether oxygens (including phenoxy) is 1. The maximum Gasteiger partial charge on any atom is 0.319 e. The van der Waals surface area contributed by atoms with Gasteiger partial charge >= 0.3 is 5.97 Å². The highest BCUT2D eigenvalue weighted by atomic mass is 16.5. The molecule has 6 heteroatoms. The van der Waals surface area contributed by atoms with Crippen LogP contribution in [-0.4, -0.2) is 60.7 Å². The Morgan fingerprint density at radius 3 is 2.30 bits per heavy atom. The summed E-state index contributed by atoms with van der Waals surface area (Å²) in [4.78, 5) is 25.2. The quantitative estimate of drug-likeness (QED) is 0.774. The summed E-state index contributed by atoms with van der Waals surface area (Å²) in [6.07, 6.45) is 0. The fraction of sp³-hybridized carbons (Fsp3) is 0.706. The van der Waals surface area contributed by atoms with Gasteiger partial charge in [0.1, 0.15) is 11.6 Å². The molecule has 0 N–H and O–H groups in total. The standard InChI is InChI=1S/C17H28N4O2/c1-12(2)14-10-15(19-17(18-14)13(3)4)21-8-6-20(7-9-21)11-16(22)23-5/h10,12-13H,6-9,11H2,1-5H3. The molecule has 23 heavy (non-hydrogen) atoms. The lowest BCUT2D eigenvalue weighted by Crippen LogP contribution is -2.48. The van der Waals surface area contributed by atoms with E-state index in [4.69, 9.17) is 9.72 Å². The number of hydrogen-bond acceptors (Lipinski definition) is 6. The Hall–Kier alpha value is -1.69. The number of piperazine rings is 1. The average Bonchev–Trinajstić information content (AvgIpc) is 2.54. The molecule has 0 spiro atoms. The number of esters is 1. The van der Waals surface area contributed by atoms with E-state index < -0.39 is 0 Å². The number of methoxy groups -OCH3 is 1. The first kappa shape index (κ1) is 17.7. The van der Waals surface area contributed by atoms with Gasteiger partial charge in [0.15, 0.2) is 0 Å². The summed E-state index contributed by atoms with van der Waals surface area (Å²) >= 11 is 0. The topological polar surface area (TPSA) is 58.6 Å². The number of rotatable bonds is 5. The fourth-order valence-electron chi connectivity index (χ4n) is 2.57. The van der Waals surface area contributed by atoms with Gasteiger partial charge in [0, 0.05) is 43.9 Å². The van der Waals surface area contributed by atoms with Crippen molar-refractivity contribution in [3.05, 3.63) is 17.6 Å². The van der Waals surface area contributed by atoms with Crippen LogP contribution in [0.1, 0.15) is 51.0 Å². The van der Waals surface area contributed by atoms with Crippen LogP contribution in [0.4, 0.5) is 5.82 Å². The van der Waals surface area contributed by atoms with Crippen molar-refractivity contribution in [1.29, 1.82) is 0 Å². The van der Waals surface area contributed by atoms with Crippen molar-refractivity contribution in [3.63, 3.8) is 0 Å². The van der Waals surface area contributed by atoms with Crippen molar-refractivity contribution in [2.24, 2.45) is 0 Å². The summed E-state index contributed by atoms with van der Waals surface area (Å²) in [7, 11) is 1.43. The molecule has 2 heterocycles. The molecule has 128 valence electrons. The number of nitrogens with zero attached hydrogens (tertiary/aromatic N) is 4. The van der Waals surface area contributed by atoms with E-state index in [1.54, 1.807) is 0 Å². The summed E-state index contributed by atoms with van der Waals surface area (Å²) in [5.74, 6) is 2.43. The van der Waals surface area contributed by atoms with Gasteiger partial charge in [0.25, 0.3) is 0 Å². The predicted octanol–water partition coefficient (Wildman–Crippen LogP) is 2.02. The monoisotopic (exact) mass is 320 g/mol. The lowest BCUT2D eigenvalue weighted by Gasteiger charge is -2.35. The van der Waals surface area contributed by atoms with Gasteiger partial charge in [-0.15, -0.1) is 0 Å². The molecule has 0 bridgehead atoms. The predicted molar refractivity (Wildman–Crippen MR) is 90.9 cm³/mol. The van der Waals surface area contributed by atoms with E-state index in [0.717, 1.165) is 43.5 Å². The highest BCUT2D eigenvalue weighted by Crippen LogP contribution is 2.22. The van der Waals surface area contributed by atoms with Gasteiger partial charge in [0.05, 0.1) is 13.7 Å². The van der Waals surface area contributed by atoms with Crippen LogP contribution in [0.25, 0.3) is 0 Å². The van der Waals surface area contributed by atoms with Crippen LogP contribution in [0, 0.1) is 0 Å². The van der Waals surface area contributed by atoms with Crippen molar-refractivity contribution in [2.45, 2.75) is 39.5 Å². The maximum atomic E-state index is 11.4. The number of carbonyl (C=O) groups excluding carboxylic acids is 1. The van der Waals surface area contributed by atoms with Crippen LogP contribution in [0.2, 0.25) is 0 Å². The molecule has 0 amide bonds. The molecule has 1 aliphatic heterocycles. The smallest absolute Gasteiger partial charge is 0.319 e. The van der Waals surface area contributed by atoms with Gasteiger partial charge in [0.2, 0.25) is 0 Å². The largest absolute Gasteiger partial charge is 0.468 e. The molecular formula is C17H28N4O2. The van der Waals surface area contributed by atoms with Crippen molar-refractivity contribution >= 4 is 11.8 Å². The second kappa shape index (κ2) is 7.73. The van der Waals surface area contributed by atoms with E-state index >= 15 is 0 Å². The summed E-state index contributed by atoms with van der Waals surface area (Å²) < 4.78 is 4.73. The highest BCUT2D eigenvalue weighted by molar-refractivity contribution is 5.71. The molecule has 0 aromatic carbocycles. The molecule has 0 atom stereocenters. The molecule has 1 fully saturated rings. The molecule has 0 unspecified atom stereocenters. The van der Waals surface area contributed by atoms with E-state index in [0.29, 0.717) is 18.4 Å². The maximum absolute atomic E-state index is 11.4. The zero-order valence-corrected chi connectivity index (χ0v) is 14.9. The minimum absolute atomic E-state index is 0.176. The van der Waals surface area contributed by atoms with Crippen LogP contribution in [0.15, 0.2) is 6.07 Å². The molecule has 2 rings (SSSR count). The highest BCUT2D eigenvalue weighted by Gasteiger charge is 2.21. The lowest BCUT2D eigenvalue weighted by molar-refractivity contribution is -0.142. The van der Waals surface area contributed by atoms with Gasteiger partial charge in [-0.25, -0.2) is 9.97 Å². The zero-order chi connectivity index (χ0) is 17.0. The Morgan fingerprint density at radius 1 is 1.13 bits per heavy atom. The molecule has 1 aliphatic rings. The van der Waals surface area contributed by atoms with Gasteiger partial charge in [-0.2, -0.15) is 0 Å². The first-order chi connectivity index (χ1) is 10.9. The summed E-state index contributed by atoms with van der Waals surface area (Å²) in [5.41, 5.74) is 1.09. The van der Waals surface area contributed by atoms with Crippen molar-refractivity contribution in [2.75, 3.05) is 44.7 Å². The van der Waals surface area contributed by atoms with Crippen LogP contribution >= 0.6 is 0 Å². The third-order valence-corrected chi connectivity index (χ3v) is 4.13. The third kappa shape index (κ3) is 4.64. The van der Waals surface area contributed by atoms with Crippen molar-refractivity contribution in [3.8, 4) is 0 Å². The number of hydrogen-bond donors (Lipinski definition) is 0. The molecule has 6 nitrogen and oxygen atoms in total. The van der Waals surface area contributed by atoms with Crippen molar-refractivity contribution < 1.29 is 9.53 Å². The minimum atomic E-state index is -0.176. The summed E-state index contributed by atoms with van der Waals surface area (Å²) in [5, 5.41) is 0. The SMILES string of the molecule is COC(=O)CN1CCN(c2cc(C(C)C)nc(C(C)C)n2)CC1. The zero-order valence-electron chi connectivity index (χ0n) is 14.9. The Kier molecular flexibility index (Phi) is 5.93. The normalized spacial score (nSPS) is 16.2. The first-order valence-corrected chi connectivity index (χ1v) is 8.33. The van der Waals surface area contributed by atoms with E-state index in [1.807, 2.05) is 0 Å². The van der Waals surface area contributed by atoms with E-state index in [9.17, 15) is 4.79 Å². The van der Waals surface area contributed by atoms with Gasteiger partial charge in [-0.1, -0.05) is 27.7 Å². The van der Waals surface area contributed by atoms with Crippen LogP contribution in [-0.2, 0) is 9.53 Å². The molecule has 0 aliphatic carbocycles. The molecule has 1 aromatic rings. The van der Waals surface area contributed by atoms with E-state index in [1.165, 1.54) is 7.11 Å². The summed E-state index contributed by atoms with van der Waals surface area (Å²) in [6, 6.07) is 2.10. The number of anilines is 1. The fourth-order valence-corrected chi connectivity index (χ4v) is 2.57. The Bertz CT molecular complexity index is 511. The Labute approximate surface area is 138 Å². The van der Waals surface area contributed by atoms with Crippen LogP contribution in [0.3, 0.4) is 0 Å². The molecule has 0 radical (unpaired) electrons. The Balaban J connectivity index is 2.09. The van der Waals surface area contributed by atoms with Gasteiger partial charge in [-0.3, -0.25) is 9.69 Å². The number of carbonyl (C=O) groups is 1. The van der Waals surface area contributed by atoms with Crippen LogP contribution in [0.5, 0.6) is 0 Å². The van der Waals surface area contributed by atoms with Crippen molar-refractivity contribution in [1.82, 2.24) is 14.9 Å². The Morgan fingerprint density at radius 2 is 1.78 bits per heavy atom. The lowest BCUT2D eigenvalue weighted by atomic mass is 10.1. The average molecular weight is 320 g/mol. The van der Waals surface area contributed by atoms with Gasteiger partial charge < -0.3 is 9.64 Å². The molecular weight excluding hydrogens is 292 g/mol. The van der Waals surface area contributed by atoms with E-state index in [-0.39, 0.29) is 5.97 Å². The molecule has 1 saturated heterocycles. The second-order valence-corrected chi connectivity index (χ2v) is 6.66. The third-order valence-electron chi connectivity index (χ3n) is 4.13. The first-order valence-electron chi connectivity index (χ1n) is 8.33. The molecule has 1 aromatic heterocycles. The number of aromatic nitrogens is 2. The van der Waals surface area contributed by atoms with E-state index in [2.05, 4.69) is 48.5 Å².